The molecule has 0 saturated heterocycles. The second-order valence-corrected chi connectivity index (χ2v) is 5.83. The van der Waals surface area contributed by atoms with Crippen molar-refractivity contribution in [2.45, 2.75) is 26.4 Å². The Bertz CT molecular complexity index is 895. The first-order valence-corrected chi connectivity index (χ1v) is 7.82. The minimum atomic E-state index is -0.305. The third-order valence-electron chi connectivity index (χ3n) is 4.30. The molecule has 5 heteroatoms. The van der Waals surface area contributed by atoms with Crippen LogP contribution < -0.4 is 15.3 Å². The van der Waals surface area contributed by atoms with E-state index >= 15 is 0 Å². The number of quaternary nitrogens is 1. The third-order valence-corrected chi connectivity index (χ3v) is 4.30. The molecule has 1 atom stereocenters. The number of aryl methyl sites for hydroxylation is 1. The van der Waals surface area contributed by atoms with E-state index in [9.17, 15) is 4.79 Å². The highest BCUT2D eigenvalue weighted by atomic mass is 16.5. The summed E-state index contributed by atoms with van der Waals surface area (Å²) in [6, 6.07) is 9.37. The van der Waals surface area contributed by atoms with Crippen LogP contribution in [0.1, 0.15) is 23.8 Å². The number of nitrogens with one attached hydrogen (secondary N) is 1. The summed E-state index contributed by atoms with van der Waals surface area (Å²) >= 11 is 0. The van der Waals surface area contributed by atoms with Crippen molar-refractivity contribution in [2.24, 2.45) is 0 Å². The molecule has 5 nitrogen and oxygen atoms in total. The second-order valence-electron chi connectivity index (χ2n) is 5.83. The van der Waals surface area contributed by atoms with Gasteiger partial charge in [0.15, 0.2) is 11.3 Å². The van der Waals surface area contributed by atoms with Gasteiger partial charge in [0.2, 0.25) is 6.73 Å². The third kappa shape index (κ3) is 2.53. The van der Waals surface area contributed by atoms with Crippen LogP contribution in [0.5, 0.6) is 5.75 Å². The van der Waals surface area contributed by atoms with Crippen LogP contribution in [0.2, 0.25) is 0 Å². The zero-order valence-electron chi connectivity index (χ0n) is 12.9. The Balaban J connectivity index is 1.76. The van der Waals surface area contributed by atoms with E-state index in [1.165, 1.54) is 4.90 Å². The number of rotatable bonds is 3. The zero-order chi connectivity index (χ0) is 15.8. The average Bonchev–Trinajstić information content (AvgIpc) is 3.07. The summed E-state index contributed by atoms with van der Waals surface area (Å²) in [4.78, 5) is 13.1. The molecule has 23 heavy (non-hydrogen) atoms. The lowest BCUT2D eigenvalue weighted by molar-refractivity contribution is -0.946. The lowest BCUT2D eigenvalue weighted by Crippen LogP contribution is -3.10. The quantitative estimate of drug-likeness (QED) is 0.750. The molecule has 0 radical (unpaired) electrons. The summed E-state index contributed by atoms with van der Waals surface area (Å²) in [5.41, 5.74) is 2.32. The molecule has 1 aliphatic heterocycles. The zero-order valence-corrected chi connectivity index (χ0v) is 12.9. The van der Waals surface area contributed by atoms with Crippen molar-refractivity contribution in [1.82, 2.24) is 0 Å². The minimum Gasteiger partial charge on any atom is -0.463 e. The van der Waals surface area contributed by atoms with Crippen molar-refractivity contribution < 1.29 is 18.5 Å². The molecular formula is C18H18NO4+. The maximum atomic E-state index is 11.9. The van der Waals surface area contributed by atoms with E-state index in [0.717, 1.165) is 47.5 Å². The summed E-state index contributed by atoms with van der Waals surface area (Å²) < 4.78 is 16.8. The normalized spacial score (nSPS) is 17.0. The van der Waals surface area contributed by atoms with E-state index in [4.69, 9.17) is 13.6 Å². The summed E-state index contributed by atoms with van der Waals surface area (Å²) in [6.07, 6.45) is 2.47. The molecule has 0 bridgehead atoms. The Morgan fingerprint density at radius 2 is 2.17 bits per heavy atom. The number of furan rings is 1. The van der Waals surface area contributed by atoms with Gasteiger partial charge in [0.05, 0.1) is 11.8 Å². The smallest absolute Gasteiger partial charge is 0.336 e. The van der Waals surface area contributed by atoms with E-state index in [2.05, 4.69) is 0 Å². The van der Waals surface area contributed by atoms with Gasteiger partial charge >= 0.3 is 5.63 Å². The van der Waals surface area contributed by atoms with E-state index in [0.29, 0.717) is 12.3 Å². The highest BCUT2D eigenvalue weighted by Crippen LogP contribution is 2.30. The highest BCUT2D eigenvalue weighted by Gasteiger charge is 2.25. The van der Waals surface area contributed by atoms with Gasteiger partial charge in [-0.3, -0.25) is 4.90 Å². The van der Waals surface area contributed by atoms with Gasteiger partial charge in [-0.15, -0.1) is 0 Å². The largest absolute Gasteiger partial charge is 0.463 e. The fraction of sp³-hybridized carbons (Fsp3) is 0.278. The van der Waals surface area contributed by atoms with Crippen molar-refractivity contribution in [2.75, 3.05) is 6.73 Å². The topological polar surface area (TPSA) is 57.0 Å². The number of hydrogen-bond donors (Lipinski definition) is 1. The number of benzene rings is 1. The van der Waals surface area contributed by atoms with Crippen molar-refractivity contribution in [3.8, 4) is 5.75 Å². The minimum absolute atomic E-state index is 0.305. The Hall–Kier alpha value is -2.53. The van der Waals surface area contributed by atoms with Crippen molar-refractivity contribution >= 4 is 11.0 Å². The van der Waals surface area contributed by atoms with Gasteiger partial charge in [0.25, 0.3) is 0 Å². The molecule has 4 rings (SSSR count). The lowest BCUT2D eigenvalue weighted by atomic mass is 10.0. The van der Waals surface area contributed by atoms with Gasteiger partial charge in [-0.05, 0) is 36.2 Å². The molecule has 3 heterocycles. The van der Waals surface area contributed by atoms with Gasteiger partial charge in [0.1, 0.15) is 18.8 Å². The van der Waals surface area contributed by atoms with Gasteiger partial charge in [-0.2, -0.15) is 0 Å². The van der Waals surface area contributed by atoms with Gasteiger partial charge in [-0.25, -0.2) is 4.79 Å². The van der Waals surface area contributed by atoms with E-state index in [-0.39, 0.29) is 5.63 Å². The molecular weight excluding hydrogens is 294 g/mol. The standard InChI is InChI=1S/C18H17NO4/c1-2-12-8-17(20)23-18-14(12)5-6-16-15(18)10-19(11-22-16)9-13-4-3-7-21-13/h3-8H,2,9-11H2,1H3/p+1. The maximum Gasteiger partial charge on any atom is 0.336 e. The maximum absolute atomic E-state index is 11.9. The van der Waals surface area contributed by atoms with Crippen LogP contribution >= 0.6 is 0 Å². The van der Waals surface area contributed by atoms with Crippen LogP contribution in [-0.2, 0) is 19.5 Å². The van der Waals surface area contributed by atoms with Crippen molar-refractivity contribution in [3.63, 3.8) is 0 Å². The fourth-order valence-corrected chi connectivity index (χ4v) is 3.18. The van der Waals surface area contributed by atoms with Crippen LogP contribution in [0, 0.1) is 0 Å². The number of hydrogen-bond acceptors (Lipinski definition) is 4. The first-order valence-electron chi connectivity index (χ1n) is 7.82. The van der Waals surface area contributed by atoms with Crippen molar-refractivity contribution in [1.29, 1.82) is 0 Å². The van der Waals surface area contributed by atoms with Crippen LogP contribution in [0.3, 0.4) is 0 Å². The van der Waals surface area contributed by atoms with Crippen molar-refractivity contribution in [3.05, 3.63) is 63.9 Å². The molecule has 0 amide bonds. The Kier molecular flexibility index (Phi) is 3.42. The molecule has 1 N–H and O–H groups in total. The van der Waals surface area contributed by atoms with E-state index < -0.39 is 0 Å². The molecule has 3 aromatic rings. The SMILES string of the molecule is CCc1cc(=O)oc2c3c(ccc12)OC[NH+](Cc1ccco1)C3. The summed E-state index contributed by atoms with van der Waals surface area (Å²) in [6.45, 7) is 4.08. The molecule has 0 spiro atoms. The Labute approximate surface area is 133 Å². The average molecular weight is 312 g/mol. The Morgan fingerprint density at radius 1 is 1.26 bits per heavy atom. The molecule has 2 aromatic heterocycles. The van der Waals surface area contributed by atoms with E-state index in [1.807, 2.05) is 31.2 Å². The summed E-state index contributed by atoms with van der Waals surface area (Å²) in [7, 11) is 0. The highest BCUT2D eigenvalue weighted by molar-refractivity contribution is 5.85. The molecule has 118 valence electrons. The number of fused-ring (bicyclic) bond motifs is 3. The van der Waals surface area contributed by atoms with Crippen LogP contribution in [-0.4, -0.2) is 6.73 Å². The van der Waals surface area contributed by atoms with Crippen LogP contribution in [0.4, 0.5) is 0 Å². The lowest BCUT2D eigenvalue weighted by Gasteiger charge is -2.26. The van der Waals surface area contributed by atoms with E-state index in [1.54, 1.807) is 12.3 Å². The fourth-order valence-electron chi connectivity index (χ4n) is 3.18. The predicted octanol–water partition coefficient (Wildman–Crippen LogP) is 1.88. The van der Waals surface area contributed by atoms with Gasteiger partial charge in [0, 0.05) is 11.5 Å². The first-order chi connectivity index (χ1) is 11.2. The molecule has 1 aliphatic rings. The summed E-state index contributed by atoms with van der Waals surface area (Å²) in [5, 5.41) is 0.994. The Morgan fingerprint density at radius 3 is 2.96 bits per heavy atom. The summed E-state index contributed by atoms with van der Waals surface area (Å²) in [5.74, 6) is 1.72. The molecule has 0 aliphatic carbocycles. The molecule has 0 saturated carbocycles. The second kappa shape index (κ2) is 5.59. The van der Waals surface area contributed by atoms with Gasteiger partial charge in [-0.1, -0.05) is 6.92 Å². The molecule has 1 unspecified atom stereocenters. The first kappa shape index (κ1) is 14.1. The molecule has 1 aromatic carbocycles. The van der Waals surface area contributed by atoms with Gasteiger partial charge < -0.3 is 13.6 Å². The van der Waals surface area contributed by atoms with Crippen LogP contribution in [0.25, 0.3) is 11.0 Å². The van der Waals surface area contributed by atoms with Crippen LogP contribution in [0.15, 0.2) is 50.2 Å². The molecule has 0 fully saturated rings. The number of ether oxygens (including phenoxy) is 1. The predicted molar refractivity (Wildman–Crippen MR) is 84.4 cm³/mol. The monoisotopic (exact) mass is 312 g/mol.